The Kier molecular flexibility index (Phi) is 5.59. The van der Waals surface area contributed by atoms with Crippen LogP contribution in [-0.4, -0.2) is 10.4 Å². The molecule has 6 aromatic carbocycles. The number of hydrogen-bond donors (Lipinski definition) is 1. The summed E-state index contributed by atoms with van der Waals surface area (Å²) in [5.41, 5.74) is 9.14. The molecule has 1 aliphatic rings. The van der Waals surface area contributed by atoms with Crippen LogP contribution in [0.25, 0.3) is 49.4 Å². The standard InChI is InChI=1S/C40H23N5O/c41-22-24-20-27(23-42)36-32(21-24)43-40(26-8-2-1-3-9-26)44-38(36)25-14-16-28(17-15-25)45-33-12-6-4-10-29(33)30-18-19-35-37(39(30)45)31-11-5-7-13-34(31)46-35/h1-21,38H,(H,43,44). The third-order valence-electron chi connectivity index (χ3n) is 8.90. The Morgan fingerprint density at radius 2 is 1.46 bits per heavy atom. The van der Waals surface area contributed by atoms with Crippen LogP contribution in [0.4, 0.5) is 5.69 Å². The van der Waals surface area contributed by atoms with Gasteiger partial charge in [0, 0.05) is 38.7 Å². The van der Waals surface area contributed by atoms with Gasteiger partial charge in [0.1, 0.15) is 23.0 Å². The SMILES string of the molecule is N#Cc1cc(C#N)c2c(c1)NC(c1ccccc1)=NC2c1ccc(-n2c3ccccc3c3ccc4oc5ccccc5c4c32)cc1. The molecule has 0 radical (unpaired) electrons. The maximum Gasteiger partial charge on any atom is 0.137 e. The molecule has 0 bridgehead atoms. The molecule has 1 N–H and O–H groups in total. The van der Waals surface area contributed by atoms with Gasteiger partial charge < -0.3 is 14.3 Å². The number of rotatable bonds is 3. The second-order valence-electron chi connectivity index (χ2n) is 11.5. The van der Waals surface area contributed by atoms with E-state index in [9.17, 15) is 10.5 Å². The first kappa shape index (κ1) is 25.8. The Morgan fingerprint density at radius 1 is 0.696 bits per heavy atom. The van der Waals surface area contributed by atoms with E-state index in [1.807, 2.05) is 48.5 Å². The van der Waals surface area contributed by atoms with E-state index in [0.717, 1.165) is 66.4 Å². The minimum Gasteiger partial charge on any atom is -0.456 e. The van der Waals surface area contributed by atoms with E-state index in [0.29, 0.717) is 17.0 Å². The molecule has 0 saturated heterocycles. The van der Waals surface area contributed by atoms with Gasteiger partial charge in [-0.3, -0.25) is 4.99 Å². The van der Waals surface area contributed by atoms with Crippen LogP contribution in [0.3, 0.4) is 0 Å². The van der Waals surface area contributed by atoms with E-state index in [2.05, 4.69) is 88.8 Å². The van der Waals surface area contributed by atoms with Gasteiger partial charge in [-0.15, -0.1) is 0 Å². The molecule has 8 aromatic rings. The van der Waals surface area contributed by atoms with Crippen LogP contribution >= 0.6 is 0 Å². The zero-order valence-corrected chi connectivity index (χ0v) is 24.4. The second-order valence-corrected chi connectivity index (χ2v) is 11.5. The van der Waals surface area contributed by atoms with E-state index in [1.165, 1.54) is 5.39 Å². The topological polar surface area (TPSA) is 90.0 Å². The third-order valence-corrected chi connectivity index (χ3v) is 8.90. The molecule has 46 heavy (non-hydrogen) atoms. The summed E-state index contributed by atoms with van der Waals surface area (Å²) in [6, 6.07) is 46.7. The van der Waals surface area contributed by atoms with Gasteiger partial charge >= 0.3 is 0 Å². The van der Waals surface area contributed by atoms with Crippen molar-refractivity contribution in [1.29, 1.82) is 10.5 Å². The molecule has 214 valence electrons. The van der Waals surface area contributed by atoms with Gasteiger partial charge in [-0.1, -0.05) is 78.9 Å². The number of amidine groups is 1. The van der Waals surface area contributed by atoms with Crippen molar-refractivity contribution in [2.45, 2.75) is 6.04 Å². The van der Waals surface area contributed by atoms with Gasteiger partial charge in [-0.2, -0.15) is 10.5 Å². The molecule has 0 amide bonds. The molecule has 1 aliphatic heterocycles. The Morgan fingerprint density at radius 3 is 2.26 bits per heavy atom. The number of anilines is 1. The molecule has 1 unspecified atom stereocenters. The van der Waals surface area contributed by atoms with Crippen molar-refractivity contribution in [3.05, 3.63) is 155 Å². The van der Waals surface area contributed by atoms with E-state index in [-0.39, 0.29) is 0 Å². The maximum atomic E-state index is 10.1. The number of nitriles is 2. The van der Waals surface area contributed by atoms with Gasteiger partial charge in [0.2, 0.25) is 0 Å². The number of hydrogen-bond acceptors (Lipinski definition) is 5. The molecule has 1 atom stereocenters. The average Bonchev–Trinajstić information content (AvgIpc) is 3.67. The Balaban J connectivity index is 1.26. The maximum absolute atomic E-state index is 10.1. The number of benzene rings is 6. The minimum absolute atomic E-state index is 0.427. The fourth-order valence-electron chi connectivity index (χ4n) is 6.88. The van der Waals surface area contributed by atoms with E-state index >= 15 is 0 Å². The first-order chi connectivity index (χ1) is 22.7. The number of nitrogens with zero attached hydrogens (tertiary/aromatic N) is 4. The van der Waals surface area contributed by atoms with Gasteiger partial charge in [-0.05, 0) is 54.1 Å². The Labute approximate surface area is 263 Å². The number of aliphatic imine (C=N–C) groups is 1. The van der Waals surface area contributed by atoms with Crippen LogP contribution in [0.15, 0.2) is 137 Å². The lowest BCUT2D eigenvalue weighted by atomic mass is 9.90. The molecule has 6 nitrogen and oxygen atoms in total. The van der Waals surface area contributed by atoms with Crippen LogP contribution in [0.2, 0.25) is 0 Å². The molecule has 0 aliphatic carbocycles. The summed E-state index contributed by atoms with van der Waals surface area (Å²) >= 11 is 0. The van der Waals surface area contributed by atoms with Crippen molar-refractivity contribution in [2.24, 2.45) is 4.99 Å². The number of para-hydroxylation sites is 2. The lowest BCUT2D eigenvalue weighted by molar-refractivity contribution is 0.669. The normalized spacial score (nSPS) is 14.1. The Hall–Kier alpha value is -6.63. The summed E-state index contributed by atoms with van der Waals surface area (Å²) in [7, 11) is 0. The largest absolute Gasteiger partial charge is 0.456 e. The summed E-state index contributed by atoms with van der Waals surface area (Å²) in [6.07, 6.45) is 0. The number of aromatic nitrogens is 1. The zero-order chi connectivity index (χ0) is 30.8. The number of nitrogens with one attached hydrogen (secondary N) is 1. The zero-order valence-electron chi connectivity index (χ0n) is 24.4. The van der Waals surface area contributed by atoms with Crippen molar-refractivity contribution in [1.82, 2.24) is 4.57 Å². The highest BCUT2D eigenvalue weighted by atomic mass is 16.3. The first-order valence-corrected chi connectivity index (χ1v) is 15.0. The monoisotopic (exact) mass is 589 g/mol. The molecular formula is C40H23N5O. The van der Waals surface area contributed by atoms with Gasteiger partial charge in [-0.25, -0.2) is 0 Å². The number of furan rings is 1. The highest BCUT2D eigenvalue weighted by Crippen LogP contribution is 2.42. The van der Waals surface area contributed by atoms with Crippen molar-refractivity contribution < 1.29 is 4.42 Å². The number of fused-ring (bicyclic) bond motifs is 8. The predicted molar refractivity (Wildman–Crippen MR) is 182 cm³/mol. The molecule has 0 saturated carbocycles. The summed E-state index contributed by atoms with van der Waals surface area (Å²) < 4.78 is 8.60. The van der Waals surface area contributed by atoms with Crippen molar-refractivity contribution >= 4 is 55.3 Å². The van der Waals surface area contributed by atoms with Gasteiger partial charge in [0.15, 0.2) is 0 Å². The third kappa shape index (κ3) is 3.78. The average molecular weight is 590 g/mol. The fraction of sp³-hybridized carbons (Fsp3) is 0.0250. The van der Waals surface area contributed by atoms with Gasteiger partial charge in [0.25, 0.3) is 0 Å². The smallest absolute Gasteiger partial charge is 0.137 e. The molecule has 0 spiro atoms. The highest BCUT2D eigenvalue weighted by Gasteiger charge is 2.28. The molecule has 0 fully saturated rings. The van der Waals surface area contributed by atoms with Crippen molar-refractivity contribution in [3.8, 4) is 17.8 Å². The Bertz CT molecular complexity index is 2630. The van der Waals surface area contributed by atoms with E-state index in [1.54, 1.807) is 12.1 Å². The van der Waals surface area contributed by atoms with Crippen LogP contribution < -0.4 is 5.32 Å². The van der Waals surface area contributed by atoms with Crippen LogP contribution in [0.1, 0.15) is 33.9 Å². The predicted octanol–water partition coefficient (Wildman–Crippen LogP) is 9.39. The summed E-state index contributed by atoms with van der Waals surface area (Å²) in [5, 5.41) is 27.7. The summed E-state index contributed by atoms with van der Waals surface area (Å²) in [6.45, 7) is 0. The molecule has 6 heteroatoms. The van der Waals surface area contributed by atoms with Crippen molar-refractivity contribution in [3.63, 3.8) is 0 Å². The molecule has 9 rings (SSSR count). The second kappa shape index (κ2) is 9.95. The minimum atomic E-state index is -0.439. The highest BCUT2D eigenvalue weighted by molar-refractivity contribution is 6.24. The van der Waals surface area contributed by atoms with Crippen LogP contribution in [-0.2, 0) is 0 Å². The molecular weight excluding hydrogens is 566 g/mol. The summed E-state index contributed by atoms with van der Waals surface area (Å²) in [5.74, 6) is 0.692. The van der Waals surface area contributed by atoms with Crippen LogP contribution in [0, 0.1) is 22.7 Å². The molecule has 3 heterocycles. The summed E-state index contributed by atoms with van der Waals surface area (Å²) in [4.78, 5) is 5.14. The molecule has 2 aromatic heterocycles. The fourth-order valence-corrected chi connectivity index (χ4v) is 6.88. The van der Waals surface area contributed by atoms with Crippen molar-refractivity contribution in [2.75, 3.05) is 5.32 Å². The lowest BCUT2D eigenvalue weighted by Crippen LogP contribution is -2.23. The van der Waals surface area contributed by atoms with Gasteiger partial charge in [0.05, 0.1) is 39.7 Å². The van der Waals surface area contributed by atoms with Crippen LogP contribution in [0.5, 0.6) is 0 Å². The lowest BCUT2D eigenvalue weighted by Gasteiger charge is -2.27. The van der Waals surface area contributed by atoms with E-state index in [4.69, 9.17) is 9.41 Å². The first-order valence-electron chi connectivity index (χ1n) is 15.0. The quantitative estimate of drug-likeness (QED) is 0.222. The van der Waals surface area contributed by atoms with E-state index < -0.39 is 6.04 Å².